The van der Waals surface area contributed by atoms with Crippen LogP contribution in [0.4, 0.5) is 0 Å². The molecule has 0 atom stereocenters. The molecule has 0 saturated heterocycles. The number of aromatic amines is 1. The maximum absolute atomic E-state index is 6.09. The number of nitrogens with two attached hydrogens (primary N) is 1. The number of fused-ring (bicyclic) bond motifs is 1. The lowest BCUT2D eigenvalue weighted by molar-refractivity contribution is 0.759. The fourth-order valence-corrected chi connectivity index (χ4v) is 2.66. The lowest BCUT2D eigenvalue weighted by atomic mass is 10.2. The standard InChI is InChI=1S/C9H10N2S/c10-9(2-3-9)8-5-6-7(12-8)1-4-11-6/h1,4-5,11H,2-3,10H2. The maximum Gasteiger partial charge on any atom is 0.0567 e. The third kappa shape index (κ3) is 0.778. The van der Waals surface area contributed by atoms with E-state index in [0.717, 1.165) is 12.8 Å². The molecule has 0 bridgehead atoms. The van der Waals surface area contributed by atoms with E-state index in [-0.39, 0.29) is 5.54 Å². The molecule has 2 nitrogen and oxygen atoms in total. The molecular weight excluding hydrogens is 168 g/mol. The van der Waals surface area contributed by atoms with E-state index in [9.17, 15) is 0 Å². The van der Waals surface area contributed by atoms with Gasteiger partial charge in [-0.2, -0.15) is 0 Å². The molecule has 0 spiro atoms. The molecule has 2 aromatic heterocycles. The van der Waals surface area contributed by atoms with Crippen LogP contribution in [-0.2, 0) is 5.54 Å². The first-order chi connectivity index (χ1) is 5.78. The first-order valence-electron chi connectivity index (χ1n) is 4.14. The minimum absolute atomic E-state index is 0.0323. The number of hydrogen-bond acceptors (Lipinski definition) is 2. The van der Waals surface area contributed by atoms with Crippen molar-refractivity contribution < 1.29 is 0 Å². The van der Waals surface area contributed by atoms with Gasteiger partial charge in [-0.25, -0.2) is 0 Å². The first kappa shape index (κ1) is 6.69. The van der Waals surface area contributed by atoms with Crippen LogP contribution in [0.2, 0.25) is 0 Å². The Morgan fingerprint density at radius 3 is 3.00 bits per heavy atom. The summed E-state index contributed by atoms with van der Waals surface area (Å²) in [6.45, 7) is 0. The first-order valence-corrected chi connectivity index (χ1v) is 4.96. The predicted molar refractivity (Wildman–Crippen MR) is 51.3 cm³/mol. The Hall–Kier alpha value is -0.800. The molecule has 1 saturated carbocycles. The summed E-state index contributed by atoms with van der Waals surface area (Å²) in [7, 11) is 0. The average Bonchev–Trinajstić information content (AvgIpc) is 2.50. The Kier molecular flexibility index (Phi) is 1.07. The van der Waals surface area contributed by atoms with Crippen LogP contribution < -0.4 is 5.73 Å². The molecule has 2 aromatic rings. The van der Waals surface area contributed by atoms with Crippen LogP contribution in [0.25, 0.3) is 10.2 Å². The number of H-pyrrole nitrogens is 1. The zero-order chi connectivity index (χ0) is 8.18. The summed E-state index contributed by atoms with van der Waals surface area (Å²) in [6.07, 6.45) is 4.27. The SMILES string of the molecule is NC1(c2cc3[nH]ccc3s2)CC1. The third-order valence-electron chi connectivity index (χ3n) is 2.51. The van der Waals surface area contributed by atoms with Crippen LogP contribution in [0, 0.1) is 0 Å². The molecule has 0 aliphatic heterocycles. The van der Waals surface area contributed by atoms with Crippen molar-refractivity contribution in [1.29, 1.82) is 0 Å². The van der Waals surface area contributed by atoms with E-state index < -0.39 is 0 Å². The highest BCUT2D eigenvalue weighted by molar-refractivity contribution is 7.19. The molecule has 0 unspecified atom stereocenters. The van der Waals surface area contributed by atoms with Gasteiger partial charge in [-0.3, -0.25) is 0 Å². The molecule has 3 rings (SSSR count). The average molecular weight is 178 g/mol. The van der Waals surface area contributed by atoms with Crippen LogP contribution >= 0.6 is 11.3 Å². The van der Waals surface area contributed by atoms with E-state index in [1.165, 1.54) is 15.1 Å². The summed E-state index contributed by atoms with van der Waals surface area (Å²) in [4.78, 5) is 4.53. The molecule has 62 valence electrons. The summed E-state index contributed by atoms with van der Waals surface area (Å²) < 4.78 is 1.32. The normalized spacial score (nSPS) is 20.1. The zero-order valence-electron chi connectivity index (χ0n) is 6.63. The quantitative estimate of drug-likeness (QED) is 0.690. The highest BCUT2D eigenvalue weighted by atomic mass is 32.1. The number of hydrogen-bond donors (Lipinski definition) is 2. The minimum atomic E-state index is 0.0323. The highest BCUT2D eigenvalue weighted by Gasteiger charge is 2.41. The summed E-state index contributed by atoms with van der Waals surface area (Å²) in [5.41, 5.74) is 7.35. The van der Waals surface area contributed by atoms with E-state index in [1.54, 1.807) is 0 Å². The largest absolute Gasteiger partial charge is 0.360 e. The molecule has 3 N–H and O–H groups in total. The van der Waals surface area contributed by atoms with Crippen molar-refractivity contribution in [1.82, 2.24) is 4.98 Å². The van der Waals surface area contributed by atoms with Crippen molar-refractivity contribution in [2.24, 2.45) is 5.73 Å². The summed E-state index contributed by atoms with van der Waals surface area (Å²) in [5.74, 6) is 0. The van der Waals surface area contributed by atoms with Gasteiger partial charge in [-0.1, -0.05) is 0 Å². The van der Waals surface area contributed by atoms with Crippen molar-refractivity contribution in [2.75, 3.05) is 0 Å². The monoisotopic (exact) mass is 178 g/mol. The number of nitrogens with one attached hydrogen (secondary N) is 1. The summed E-state index contributed by atoms with van der Waals surface area (Å²) >= 11 is 1.82. The third-order valence-corrected chi connectivity index (χ3v) is 3.83. The minimum Gasteiger partial charge on any atom is -0.360 e. The second-order valence-electron chi connectivity index (χ2n) is 3.52. The van der Waals surface area contributed by atoms with E-state index in [4.69, 9.17) is 5.73 Å². The topological polar surface area (TPSA) is 41.8 Å². The smallest absolute Gasteiger partial charge is 0.0567 e. The molecular formula is C9H10N2S. The van der Waals surface area contributed by atoms with Crippen molar-refractivity contribution in [2.45, 2.75) is 18.4 Å². The van der Waals surface area contributed by atoms with Crippen molar-refractivity contribution >= 4 is 21.6 Å². The molecule has 0 amide bonds. The van der Waals surface area contributed by atoms with Crippen LogP contribution in [0.1, 0.15) is 17.7 Å². The Labute approximate surface area is 74.4 Å². The second kappa shape index (κ2) is 1.92. The fraction of sp³-hybridized carbons (Fsp3) is 0.333. The van der Waals surface area contributed by atoms with Crippen molar-refractivity contribution in [3.63, 3.8) is 0 Å². The van der Waals surface area contributed by atoms with E-state index in [1.807, 2.05) is 17.5 Å². The van der Waals surface area contributed by atoms with E-state index in [2.05, 4.69) is 17.1 Å². The molecule has 2 heterocycles. The molecule has 12 heavy (non-hydrogen) atoms. The molecule has 1 aliphatic rings. The molecule has 0 aromatic carbocycles. The van der Waals surface area contributed by atoms with Gasteiger partial charge in [0, 0.05) is 11.1 Å². The van der Waals surface area contributed by atoms with Gasteiger partial charge in [0.05, 0.1) is 15.8 Å². The van der Waals surface area contributed by atoms with Gasteiger partial charge in [0.15, 0.2) is 0 Å². The molecule has 1 aliphatic carbocycles. The fourth-order valence-electron chi connectivity index (χ4n) is 1.48. The van der Waals surface area contributed by atoms with Gasteiger partial charge in [0.25, 0.3) is 0 Å². The van der Waals surface area contributed by atoms with Crippen molar-refractivity contribution in [3.05, 3.63) is 23.2 Å². The number of thiophene rings is 1. The Morgan fingerprint density at radius 2 is 2.33 bits per heavy atom. The summed E-state index contributed by atoms with van der Waals surface area (Å²) in [5, 5.41) is 0. The summed E-state index contributed by atoms with van der Waals surface area (Å²) in [6, 6.07) is 4.29. The second-order valence-corrected chi connectivity index (χ2v) is 4.61. The Bertz CT molecular complexity index is 394. The lowest BCUT2D eigenvalue weighted by Gasteiger charge is -2.02. The Morgan fingerprint density at radius 1 is 1.50 bits per heavy atom. The van der Waals surface area contributed by atoms with E-state index in [0.29, 0.717) is 0 Å². The molecule has 0 radical (unpaired) electrons. The number of aromatic nitrogens is 1. The van der Waals surface area contributed by atoms with Crippen LogP contribution in [-0.4, -0.2) is 4.98 Å². The highest BCUT2D eigenvalue weighted by Crippen LogP contribution is 2.46. The molecule has 1 fully saturated rings. The van der Waals surface area contributed by atoms with Gasteiger partial charge < -0.3 is 10.7 Å². The van der Waals surface area contributed by atoms with Gasteiger partial charge in [0.2, 0.25) is 0 Å². The zero-order valence-corrected chi connectivity index (χ0v) is 7.45. The van der Waals surface area contributed by atoms with Crippen molar-refractivity contribution in [3.8, 4) is 0 Å². The Balaban J connectivity index is 2.21. The van der Waals surface area contributed by atoms with Gasteiger partial charge in [-0.05, 0) is 25.0 Å². The number of rotatable bonds is 1. The van der Waals surface area contributed by atoms with Gasteiger partial charge in [0.1, 0.15) is 0 Å². The van der Waals surface area contributed by atoms with E-state index >= 15 is 0 Å². The predicted octanol–water partition coefficient (Wildman–Crippen LogP) is 2.18. The lowest BCUT2D eigenvalue weighted by Crippen LogP contribution is -2.16. The van der Waals surface area contributed by atoms with Crippen LogP contribution in [0.5, 0.6) is 0 Å². The van der Waals surface area contributed by atoms with Gasteiger partial charge >= 0.3 is 0 Å². The molecule has 3 heteroatoms. The van der Waals surface area contributed by atoms with Crippen LogP contribution in [0.3, 0.4) is 0 Å². The van der Waals surface area contributed by atoms with Crippen LogP contribution in [0.15, 0.2) is 18.3 Å². The van der Waals surface area contributed by atoms with Gasteiger partial charge in [-0.15, -0.1) is 11.3 Å². The maximum atomic E-state index is 6.09.